The molecule has 20 heavy (non-hydrogen) atoms. The molecular weight excluding hydrogens is 314 g/mol. The molecule has 1 aliphatic carbocycles. The lowest BCUT2D eigenvalue weighted by atomic mass is 9.78. The zero-order chi connectivity index (χ0) is 13.9. The van der Waals surface area contributed by atoms with Crippen LogP contribution in [0.1, 0.15) is 48.6 Å². The van der Waals surface area contributed by atoms with Gasteiger partial charge < -0.3 is 9.73 Å². The second-order valence-corrected chi connectivity index (χ2v) is 6.16. The Balaban J connectivity index is 1.96. The third kappa shape index (κ3) is 2.70. The lowest BCUT2D eigenvalue weighted by Crippen LogP contribution is -2.29. The molecule has 1 aromatic heterocycles. The number of rotatable bonds is 4. The average molecular weight is 334 g/mol. The second-order valence-electron chi connectivity index (χ2n) is 5.37. The summed E-state index contributed by atoms with van der Waals surface area (Å²) in [7, 11) is 0. The van der Waals surface area contributed by atoms with Crippen molar-refractivity contribution in [3.05, 3.63) is 58.0 Å². The molecule has 1 aliphatic rings. The van der Waals surface area contributed by atoms with Crippen LogP contribution in [-0.2, 0) is 6.42 Å². The first-order chi connectivity index (χ1) is 9.79. The SMILES string of the molecule is CCNC(c1ccc(Br)o1)C1CCCc2ccccc21. The van der Waals surface area contributed by atoms with Gasteiger partial charge in [0.05, 0.1) is 6.04 Å². The first kappa shape index (κ1) is 13.9. The van der Waals surface area contributed by atoms with Gasteiger partial charge in [-0.1, -0.05) is 31.2 Å². The van der Waals surface area contributed by atoms with E-state index in [1.165, 1.54) is 30.4 Å². The Morgan fingerprint density at radius 2 is 2.15 bits per heavy atom. The van der Waals surface area contributed by atoms with Gasteiger partial charge in [-0.15, -0.1) is 0 Å². The zero-order valence-electron chi connectivity index (χ0n) is 11.7. The number of hydrogen-bond acceptors (Lipinski definition) is 2. The minimum Gasteiger partial charge on any atom is -0.453 e. The average Bonchev–Trinajstić information content (AvgIpc) is 2.91. The number of likely N-dealkylation sites (N-methyl/N-ethyl adjacent to an activating group) is 1. The highest BCUT2D eigenvalue weighted by Gasteiger charge is 2.30. The van der Waals surface area contributed by atoms with Crippen LogP contribution in [-0.4, -0.2) is 6.54 Å². The van der Waals surface area contributed by atoms with Gasteiger partial charge in [-0.25, -0.2) is 0 Å². The van der Waals surface area contributed by atoms with Gasteiger partial charge in [0.1, 0.15) is 5.76 Å². The van der Waals surface area contributed by atoms with Crippen molar-refractivity contribution in [3.63, 3.8) is 0 Å². The molecule has 2 atom stereocenters. The third-order valence-corrected chi connectivity index (χ3v) is 4.57. The molecule has 2 aromatic rings. The van der Waals surface area contributed by atoms with Crippen molar-refractivity contribution in [3.8, 4) is 0 Å². The van der Waals surface area contributed by atoms with Gasteiger partial charge in [-0.2, -0.15) is 0 Å². The Hall–Kier alpha value is -1.06. The van der Waals surface area contributed by atoms with Gasteiger partial charge in [-0.3, -0.25) is 0 Å². The van der Waals surface area contributed by atoms with Gasteiger partial charge in [0.25, 0.3) is 0 Å². The summed E-state index contributed by atoms with van der Waals surface area (Å²) in [6.45, 7) is 3.10. The van der Waals surface area contributed by atoms with Crippen molar-refractivity contribution in [2.24, 2.45) is 0 Å². The molecule has 1 aromatic carbocycles. The molecule has 2 nitrogen and oxygen atoms in total. The van der Waals surface area contributed by atoms with Crippen LogP contribution < -0.4 is 5.32 Å². The van der Waals surface area contributed by atoms with Crippen LogP contribution in [0.2, 0.25) is 0 Å². The Morgan fingerprint density at radius 3 is 2.90 bits per heavy atom. The van der Waals surface area contributed by atoms with E-state index >= 15 is 0 Å². The highest BCUT2D eigenvalue weighted by atomic mass is 79.9. The first-order valence-electron chi connectivity index (χ1n) is 7.36. The molecule has 0 saturated heterocycles. The maximum Gasteiger partial charge on any atom is 0.169 e. The third-order valence-electron chi connectivity index (χ3n) is 4.14. The predicted molar refractivity (Wildman–Crippen MR) is 84.9 cm³/mol. The van der Waals surface area contributed by atoms with Crippen LogP contribution in [0.4, 0.5) is 0 Å². The summed E-state index contributed by atoms with van der Waals surface area (Å²) in [5.41, 5.74) is 2.98. The topological polar surface area (TPSA) is 25.2 Å². The minimum absolute atomic E-state index is 0.257. The van der Waals surface area contributed by atoms with Crippen LogP contribution in [0.25, 0.3) is 0 Å². The fourth-order valence-corrected chi connectivity index (χ4v) is 3.61. The van der Waals surface area contributed by atoms with E-state index in [0.29, 0.717) is 5.92 Å². The van der Waals surface area contributed by atoms with E-state index in [-0.39, 0.29) is 6.04 Å². The van der Waals surface area contributed by atoms with Gasteiger partial charge in [0.15, 0.2) is 4.67 Å². The van der Waals surface area contributed by atoms with Gasteiger partial charge in [0.2, 0.25) is 0 Å². The van der Waals surface area contributed by atoms with Crippen LogP contribution >= 0.6 is 15.9 Å². The van der Waals surface area contributed by atoms with Crippen LogP contribution in [0.5, 0.6) is 0 Å². The lowest BCUT2D eigenvalue weighted by Gasteiger charge is -2.31. The van der Waals surface area contributed by atoms with E-state index in [1.807, 2.05) is 6.07 Å². The van der Waals surface area contributed by atoms with E-state index < -0.39 is 0 Å². The quantitative estimate of drug-likeness (QED) is 0.868. The van der Waals surface area contributed by atoms with Gasteiger partial charge in [0, 0.05) is 5.92 Å². The second kappa shape index (κ2) is 6.15. The normalized spacial score (nSPS) is 19.6. The molecule has 0 fully saturated rings. The molecule has 0 bridgehead atoms. The van der Waals surface area contributed by atoms with E-state index in [0.717, 1.165) is 17.0 Å². The summed E-state index contributed by atoms with van der Waals surface area (Å²) in [6, 6.07) is 13.2. The molecule has 0 radical (unpaired) electrons. The maximum absolute atomic E-state index is 5.82. The number of hydrogen-bond donors (Lipinski definition) is 1. The van der Waals surface area contributed by atoms with Crippen LogP contribution in [0.15, 0.2) is 45.5 Å². The Bertz CT molecular complexity index is 578. The molecule has 106 valence electrons. The Labute approximate surface area is 128 Å². The summed E-state index contributed by atoms with van der Waals surface area (Å²) in [6.07, 6.45) is 3.67. The standard InChI is InChI=1S/C17H20BrNO/c1-2-19-17(15-10-11-16(18)20-15)14-9-5-7-12-6-3-4-8-13(12)14/h3-4,6,8,10-11,14,17,19H,2,5,7,9H2,1H3. The molecule has 1 N–H and O–H groups in total. The van der Waals surface area contributed by atoms with E-state index in [4.69, 9.17) is 4.42 Å². The maximum atomic E-state index is 5.82. The molecular formula is C17H20BrNO. The highest BCUT2D eigenvalue weighted by Crippen LogP contribution is 2.41. The molecule has 3 rings (SSSR count). The van der Waals surface area contributed by atoms with E-state index in [2.05, 4.69) is 58.5 Å². The number of furan rings is 1. The number of nitrogens with one attached hydrogen (secondary N) is 1. The molecule has 3 heteroatoms. The highest BCUT2D eigenvalue weighted by molar-refractivity contribution is 9.10. The monoisotopic (exact) mass is 333 g/mol. The molecule has 0 saturated carbocycles. The summed E-state index contributed by atoms with van der Waals surface area (Å²) in [4.78, 5) is 0. The Morgan fingerprint density at radius 1 is 1.30 bits per heavy atom. The Kier molecular flexibility index (Phi) is 4.27. The van der Waals surface area contributed by atoms with E-state index in [1.54, 1.807) is 0 Å². The number of aryl methyl sites for hydroxylation is 1. The van der Waals surface area contributed by atoms with Crippen molar-refractivity contribution in [2.45, 2.75) is 38.1 Å². The van der Waals surface area contributed by atoms with Crippen molar-refractivity contribution in [1.82, 2.24) is 5.32 Å². The van der Waals surface area contributed by atoms with E-state index in [9.17, 15) is 0 Å². The fourth-order valence-electron chi connectivity index (χ4n) is 3.29. The summed E-state index contributed by atoms with van der Waals surface area (Å²) in [5.74, 6) is 1.53. The summed E-state index contributed by atoms with van der Waals surface area (Å²) < 4.78 is 6.63. The molecule has 1 heterocycles. The summed E-state index contributed by atoms with van der Waals surface area (Å²) >= 11 is 3.41. The lowest BCUT2D eigenvalue weighted by molar-refractivity contribution is 0.340. The first-order valence-corrected chi connectivity index (χ1v) is 8.15. The molecule has 0 aliphatic heterocycles. The van der Waals surface area contributed by atoms with Gasteiger partial charge in [-0.05, 0) is 65.0 Å². The van der Waals surface area contributed by atoms with Crippen LogP contribution in [0, 0.1) is 0 Å². The van der Waals surface area contributed by atoms with Crippen molar-refractivity contribution >= 4 is 15.9 Å². The smallest absolute Gasteiger partial charge is 0.169 e. The number of halogens is 1. The molecule has 2 unspecified atom stereocenters. The van der Waals surface area contributed by atoms with Crippen LogP contribution in [0.3, 0.4) is 0 Å². The predicted octanol–water partition coefficient (Wildman–Crippen LogP) is 4.81. The largest absolute Gasteiger partial charge is 0.453 e. The van der Waals surface area contributed by atoms with Crippen molar-refractivity contribution in [1.29, 1.82) is 0 Å². The fraction of sp³-hybridized carbons (Fsp3) is 0.412. The zero-order valence-corrected chi connectivity index (χ0v) is 13.3. The number of fused-ring (bicyclic) bond motifs is 1. The minimum atomic E-state index is 0.257. The van der Waals surface area contributed by atoms with Gasteiger partial charge >= 0.3 is 0 Å². The van der Waals surface area contributed by atoms with Crippen molar-refractivity contribution in [2.75, 3.05) is 6.54 Å². The summed E-state index contributed by atoms with van der Waals surface area (Å²) in [5, 5.41) is 3.61. The van der Waals surface area contributed by atoms with Crippen molar-refractivity contribution < 1.29 is 4.42 Å². The molecule has 0 spiro atoms. The molecule has 0 amide bonds. The number of benzene rings is 1.